The molecule has 0 radical (unpaired) electrons. The van der Waals surface area contributed by atoms with Crippen LogP contribution in [0.4, 0.5) is 0 Å². The molecule has 1 aromatic heterocycles. The van der Waals surface area contributed by atoms with Gasteiger partial charge in [0.2, 0.25) is 5.88 Å². The number of aromatic nitrogens is 1. The molecule has 1 aromatic rings. The molecule has 2 atom stereocenters. The van der Waals surface area contributed by atoms with Crippen molar-refractivity contribution in [3.05, 3.63) is 23.9 Å². The maximum Gasteiger partial charge on any atom is 0.218 e. The van der Waals surface area contributed by atoms with Crippen molar-refractivity contribution in [1.82, 2.24) is 20.5 Å². The molecular weight excluding hydrogens is 314 g/mol. The van der Waals surface area contributed by atoms with Gasteiger partial charge in [0, 0.05) is 43.5 Å². The van der Waals surface area contributed by atoms with Crippen LogP contribution in [0.25, 0.3) is 0 Å². The summed E-state index contributed by atoms with van der Waals surface area (Å²) >= 11 is 0. The molecule has 25 heavy (non-hydrogen) atoms. The van der Waals surface area contributed by atoms with E-state index in [4.69, 9.17) is 9.73 Å². The zero-order chi connectivity index (χ0) is 18.2. The first-order valence-electron chi connectivity index (χ1n) is 9.40. The maximum absolute atomic E-state index is 5.59. The van der Waals surface area contributed by atoms with Crippen LogP contribution in [-0.2, 0) is 6.54 Å². The lowest BCUT2D eigenvalue weighted by Crippen LogP contribution is -2.46. The average Bonchev–Trinajstić information content (AvgIpc) is 2.95. The highest BCUT2D eigenvalue weighted by Crippen LogP contribution is 2.19. The summed E-state index contributed by atoms with van der Waals surface area (Å²) in [4.78, 5) is 11.6. The number of aliphatic imine (C=N–C) groups is 1. The van der Waals surface area contributed by atoms with E-state index < -0.39 is 0 Å². The van der Waals surface area contributed by atoms with Crippen molar-refractivity contribution in [3.63, 3.8) is 0 Å². The van der Waals surface area contributed by atoms with Crippen molar-refractivity contribution in [1.29, 1.82) is 0 Å². The van der Waals surface area contributed by atoms with Crippen molar-refractivity contribution >= 4 is 5.96 Å². The van der Waals surface area contributed by atoms with E-state index in [0.29, 0.717) is 37.0 Å². The molecule has 0 aromatic carbocycles. The number of hydrogen-bond donors (Lipinski definition) is 2. The van der Waals surface area contributed by atoms with Gasteiger partial charge in [-0.3, -0.25) is 4.90 Å². The van der Waals surface area contributed by atoms with Gasteiger partial charge in [0.25, 0.3) is 0 Å². The summed E-state index contributed by atoms with van der Waals surface area (Å²) in [6.45, 7) is 15.1. The van der Waals surface area contributed by atoms with Crippen molar-refractivity contribution in [2.75, 3.05) is 26.2 Å². The van der Waals surface area contributed by atoms with Crippen LogP contribution in [0, 0.1) is 5.92 Å². The van der Waals surface area contributed by atoms with Crippen molar-refractivity contribution in [2.24, 2.45) is 10.9 Å². The molecule has 0 aliphatic carbocycles. The zero-order valence-electron chi connectivity index (χ0n) is 16.2. The molecule has 6 heteroatoms. The van der Waals surface area contributed by atoms with Gasteiger partial charge in [0.1, 0.15) is 0 Å². The van der Waals surface area contributed by atoms with Crippen LogP contribution in [0.5, 0.6) is 5.88 Å². The quantitative estimate of drug-likeness (QED) is 0.585. The summed E-state index contributed by atoms with van der Waals surface area (Å²) in [5.41, 5.74) is 1.00. The molecule has 2 rings (SSSR count). The van der Waals surface area contributed by atoms with Crippen LogP contribution >= 0.6 is 0 Å². The lowest BCUT2D eigenvalue weighted by Gasteiger charge is -2.22. The van der Waals surface area contributed by atoms with E-state index in [0.717, 1.165) is 31.2 Å². The van der Waals surface area contributed by atoms with E-state index in [1.165, 1.54) is 0 Å². The van der Waals surface area contributed by atoms with Crippen LogP contribution in [0.3, 0.4) is 0 Å². The highest BCUT2D eigenvalue weighted by atomic mass is 16.5. The molecule has 0 bridgehead atoms. The van der Waals surface area contributed by atoms with Gasteiger partial charge in [-0.2, -0.15) is 0 Å². The van der Waals surface area contributed by atoms with Crippen molar-refractivity contribution in [2.45, 2.75) is 53.2 Å². The second-order valence-corrected chi connectivity index (χ2v) is 6.87. The number of guanidine groups is 1. The van der Waals surface area contributed by atoms with Gasteiger partial charge in [0.05, 0.1) is 13.2 Å². The van der Waals surface area contributed by atoms with E-state index in [1.807, 2.05) is 19.1 Å². The minimum atomic E-state index is 0.417. The molecule has 0 saturated carbocycles. The molecule has 1 saturated heterocycles. The van der Waals surface area contributed by atoms with Gasteiger partial charge < -0.3 is 15.4 Å². The highest BCUT2D eigenvalue weighted by molar-refractivity contribution is 5.80. The van der Waals surface area contributed by atoms with E-state index in [9.17, 15) is 0 Å². The third-order valence-electron chi connectivity index (χ3n) is 4.58. The predicted molar refractivity (Wildman–Crippen MR) is 103 cm³/mol. The summed E-state index contributed by atoms with van der Waals surface area (Å²) in [7, 11) is 0. The Morgan fingerprint density at radius 2 is 2.20 bits per heavy atom. The molecule has 1 fully saturated rings. The molecule has 0 amide bonds. The first-order valence-corrected chi connectivity index (χ1v) is 9.40. The van der Waals surface area contributed by atoms with Crippen LogP contribution in [-0.4, -0.2) is 54.2 Å². The van der Waals surface area contributed by atoms with E-state index in [-0.39, 0.29) is 0 Å². The summed E-state index contributed by atoms with van der Waals surface area (Å²) in [6, 6.07) is 4.94. The molecule has 140 valence electrons. The fraction of sp³-hybridized carbons (Fsp3) is 0.684. The fourth-order valence-corrected chi connectivity index (χ4v) is 3.08. The molecule has 6 nitrogen and oxygen atoms in total. The lowest BCUT2D eigenvalue weighted by molar-refractivity contribution is 0.265. The molecule has 0 spiro atoms. The zero-order valence-corrected chi connectivity index (χ0v) is 16.2. The van der Waals surface area contributed by atoms with Gasteiger partial charge in [0.15, 0.2) is 5.96 Å². The van der Waals surface area contributed by atoms with Crippen molar-refractivity contribution < 1.29 is 4.74 Å². The number of pyridine rings is 1. The van der Waals surface area contributed by atoms with Gasteiger partial charge in [-0.05, 0) is 39.7 Å². The van der Waals surface area contributed by atoms with Crippen LogP contribution in [0.2, 0.25) is 0 Å². The van der Waals surface area contributed by atoms with E-state index >= 15 is 0 Å². The molecule has 2 N–H and O–H groups in total. The third-order valence-corrected chi connectivity index (χ3v) is 4.58. The highest BCUT2D eigenvalue weighted by Gasteiger charge is 2.31. The molecule has 1 aliphatic heterocycles. The summed E-state index contributed by atoms with van der Waals surface area (Å²) in [5, 5.41) is 6.96. The Kier molecular flexibility index (Phi) is 7.50. The van der Waals surface area contributed by atoms with Gasteiger partial charge in [-0.25, -0.2) is 9.98 Å². The third kappa shape index (κ3) is 5.59. The Bertz CT molecular complexity index is 561. The van der Waals surface area contributed by atoms with Crippen molar-refractivity contribution in [3.8, 4) is 5.88 Å². The van der Waals surface area contributed by atoms with E-state index in [1.54, 1.807) is 6.20 Å². The van der Waals surface area contributed by atoms with Gasteiger partial charge in [-0.15, -0.1) is 0 Å². The number of hydrogen-bond acceptors (Lipinski definition) is 4. The second kappa shape index (κ2) is 9.61. The number of nitrogens with one attached hydrogen (secondary N) is 2. The summed E-state index contributed by atoms with van der Waals surface area (Å²) in [5.74, 6) is 2.13. The smallest absolute Gasteiger partial charge is 0.218 e. The number of nitrogens with zero attached hydrogens (tertiary/aromatic N) is 3. The normalized spacial score (nSPS) is 21.6. The lowest BCUT2D eigenvalue weighted by atomic mass is 10.1. The Hall–Kier alpha value is -1.82. The fourth-order valence-electron chi connectivity index (χ4n) is 3.08. The standard InChI is InChI=1S/C19H33N5O/c1-6-20-19(23-17-13-24(14(3)4)12-15(17)5)22-11-16-9-8-10-21-18(16)25-7-2/h8-10,14-15,17H,6-7,11-13H2,1-5H3,(H2,20,22,23). The molecule has 2 unspecified atom stereocenters. The second-order valence-electron chi connectivity index (χ2n) is 6.87. The Morgan fingerprint density at radius 1 is 1.40 bits per heavy atom. The first-order chi connectivity index (χ1) is 12.0. The maximum atomic E-state index is 5.59. The number of rotatable bonds is 7. The Labute approximate surface area is 152 Å². The van der Waals surface area contributed by atoms with Crippen LogP contribution < -0.4 is 15.4 Å². The number of likely N-dealkylation sites (tertiary alicyclic amines) is 1. The minimum absolute atomic E-state index is 0.417. The number of ether oxygens (including phenoxy) is 1. The van der Waals surface area contributed by atoms with Gasteiger partial charge >= 0.3 is 0 Å². The largest absolute Gasteiger partial charge is 0.478 e. The summed E-state index contributed by atoms with van der Waals surface area (Å²) in [6.07, 6.45) is 1.75. The monoisotopic (exact) mass is 347 g/mol. The molecule has 2 heterocycles. The van der Waals surface area contributed by atoms with Crippen LogP contribution in [0.1, 0.15) is 40.2 Å². The summed E-state index contributed by atoms with van der Waals surface area (Å²) < 4.78 is 5.59. The molecule has 1 aliphatic rings. The predicted octanol–water partition coefficient (Wildman–Crippen LogP) is 2.26. The van der Waals surface area contributed by atoms with Crippen LogP contribution in [0.15, 0.2) is 23.3 Å². The topological polar surface area (TPSA) is 61.8 Å². The van der Waals surface area contributed by atoms with Gasteiger partial charge in [-0.1, -0.05) is 13.0 Å². The minimum Gasteiger partial charge on any atom is -0.478 e. The SMILES string of the molecule is CCNC(=NCc1cccnc1OCC)NC1CN(C(C)C)CC1C. The Balaban J connectivity index is 2.04. The van der Waals surface area contributed by atoms with E-state index in [2.05, 4.69) is 48.2 Å². The average molecular weight is 348 g/mol. The Morgan fingerprint density at radius 3 is 2.84 bits per heavy atom. The molecular formula is C19H33N5O. The first kappa shape index (κ1) is 19.5.